The molecule has 14 heteroatoms. The third-order valence-corrected chi connectivity index (χ3v) is 13.6. The van der Waals surface area contributed by atoms with Crippen molar-refractivity contribution in [3.63, 3.8) is 0 Å². The number of unbranched alkanes of at least 4 members (excludes halogenated alkanes) is 1. The van der Waals surface area contributed by atoms with Crippen molar-refractivity contribution < 1.29 is 24.2 Å². The second kappa shape index (κ2) is 18.2. The van der Waals surface area contributed by atoms with Crippen molar-refractivity contribution in [3.8, 4) is 26.9 Å². The lowest BCUT2D eigenvalue weighted by molar-refractivity contribution is -0.121. The van der Waals surface area contributed by atoms with Crippen LogP contribution in [0.5, 0.6) is 11.5 Å². The molecule has 60 heavy (non-hydrogen) atoms. The minimum atomic E-state index is -0.524. The number of aromatic hydroxyl groups is 1. The van der Waals surface area contributed by atoms with Crippen LogP contribution >= 0.6 is 50.2 Å². The highest BCUT2D eigenvalue weighted by atomic mass is 79.9. The SMILES string of the molecule is Cc1sc2c(c1C)C(c1ccc(Cl)cc1)=NC(CC(=O)NCCCCOCCOc1ccc(C(=O)c3c(-c4ccc(Br)cc4)sc4cc(O)ccc34)cc1)c1nnc(C)n1-2. The fraction of sp³-hybridized carbons (Fsp3) is 0.239. The fourth-order valence-electron chi connectivity index (χ4n) is 7.22. The third-order valence-electron chi connectivity index (χ3n) is 10.4. The van der Waals surface area contributed by atoms with E-state index in [1.165, 1.54) is 16.2 Å². The van der Waals surface area contributed by atoms with Crippen LogP contribution in [0.25, 0.3) is 25.5 Å². The summed E-state index contributed by atoms with van der Waals surface area (Å²) < 4.78 is 15.6. The Morgan fingerprint density at radius 2 is 1.63 bits per heavy atom. The number of halogens is 2. The van der Waals surface area contributed by atoms with Crippen LogP contribution in [-0.2, 0) is 9.53 Å². The van der Waals surface area contributed by atoms with Gasteiger partial charge in [0.15, 0.2) is 11.6 Å². The van der Waals surface area contributed by atoms with E-state index in [1.807, 2.05) is 60.0 Å². The van der Waals surface area contributed by atoms with Crippen molar-refractivity contribution in [2.45, 2.75) is 46.1 Å². The summed E-state index contributed by atoms with van der Waals surface area (Å²) in [4.78, 5) is 34.5. The van der Waals surface area contributed by atoms with E-state index < -0.39 is 6.04 Å². The lowest BCUT2D eigenvalue weighted by Crippen LogP contribution is -2.26. The Morgan fingerprint density at radius 1 is 0.883 bits per heavy atom. The van der Waals surface area contributed by atoms with Gasteiger partial charge in [-0.15, -0.1) is 32.9 Å². The maximum Gasteiger partial charge on any atom is 0.222 e. The Morgan fingerprint density at radius 3 is 2.40 bits per heavy atom. The van der Waals surface area contributed by atoms with Crippen LogP contribution < -0.4 is 10.1 Å². The number of amides is 1. The molecule has 0 bridgehead atoms. The molecule has 4 aromatic carbocycles. The third kappa shape index (κ3) is 8.82. The first kappa shape index (κ1) is 41.5. The number of nitrogens with zero attached hydrogens (tertiary/aromatic N) is 4. The van der Waals surface area contributed by atoms with Crippen molar-refractivity contribution in [1.29, 1.82) is 0 Å². The molecule has 0 fully saturated rings. The Labute approximate surface area is 369 Å². The Kier molecular flexibility index (Phi) is 12.6. The number of carbonyl (C=O) groups excluding carboxylic acids is 2. The summed E-state index contributed by atoms with van der Waals surface area (Å²) in [7, 11) is 0. The molecule has 0 spiro atoms. The number of ketones is 1. The molecule has 0 aliphatic carbocycles. The van der Waals surface area contributed by atoms with Gasteiger partial charge in [0.25, 0.3) is 0 Å². The molecule has 1 unspecified atom stereocenters. The standard InChI is InChI=1S/C46H41BrClN5O5S2/c1-26-27(2)59-46-40(26)42(29-8-14-33(48)15-9-29)50-37(45-52-51-28(3)53(45)46)25-39(55)49-20-4-5-21-57-22-23-58-35-17-10-30(11-18-35)43(56)41-36-19-16-34(54)24-38(36)60-44(41)31-6-12-32(47)13-7-31/h6-19,24,37,54H,4-5,20-23,25H2,1-3H3,(H,49,55). The molecule has 1 amide bonds. The number of benzene rings is 4. The number of phenols is 1. The molecule has 7 aromatic rings. The van der Waals surface area contributed by atoms with E-state index in [2.05, 4.69) is 45.3 Å². The molecule has 2 N–H and O–H groups in total. The summed E-state index contributed by atoms with van der Waals surface area (Å²) in [6.45, 7) is 7.92. The van der Waals surface area contributed by atoms with Crippen molar-refractivity contribution in [3.05, 3.63) is 145 Å². The number of aromatic nitrogens is 3. The molecular weight excluding hydrogens is 882 g/mol. The van der Waals surface area contributed by atoms with Gasteiger partial charge >= 0.3 is 0 Å². The molecule has 0 saturated carbocycles. The molecule has 306 valence electrons. The van der Waals surface area contributed by atoms with Gasteiger partial charge in [-0.25, -0.2) is 0 Å². The number of fused-ring (bicyclic) bond motifs is 4. The number of nitrogens with one attached hydrogen (secondary N) is 1. The Hall–Kier alpha value is -5.18. The van der Waals surface area contributed by atoms with Crippen LogP contribution in [-0.4, -0.2) is 63.6 Å². The summed E-state index contributed by atoms with van der Waals surface area (Å²) >= 11 is 12.9. The zero-order valence-electron chi connectivity index (χ0n) is 33.1. The minimum Gasteiger partial charge on any atom is -0.508 e. The van der Waals surface area contributed by atoms with Crippen molar-refractivity contribution in [2.75, 3.05) is 26.4 Å². The number of rotatable bonds is 15. The lowest BCUT2D eigenvalue weighted by atomic mass is 9.97. The summed E-state index contributed by atoms with van der Waals surface area (Å²) in [5, 5.41) is 24.5. The van der Waals surface area contributed by atoms with Gasteiger partial charge in [-0.3, -0.25) is 19.1 Å². The topological polar surface area (TPSA) is 128 Å². The normalized spacial score (nSPS) is 13.4. The number of ether oxygens (including phenoxy) is 2. The van der Waals surface area contributed by atoms with E-state index in [1.54, 1.807) is 53.8 Å². The quantitative estimate of drug-likeness (QED) is 0.0774. The Bertz CT molecular complexity index is 2730. The van der Waals surface area contributed by atoms with Crippen LogP contribution in [0.2, 0.25) is 5.02 Å². The summed E-state index contributed by atoms with van der Waals surface area (Å²) in [5.74, 6) is 1.99. The highest BCUT2D eigenvalue weighted by Gasteiger charge is 2.32. The molecule has 0 radical (unpaired) electrons. The summed E-state index contributed by atoms with van der Waals surface area (Å²) in [6, 6.07) is 27.2. The van der Waals surface area contributed by atoms with Crippen LogP contribution in [0.4, 0.5) is 0 Å². The lowest BCUT2D eigenvalue weighted by Gasteiger charge is -2.13. The number of hydrogen-bond donors (Lipinski definition) is 2. The first-order valence-corrected chi connectivity index (χ1v) is 22.4. The predicted molar refractivity (Wildman–Crippen MR) is 243 cm³/mol. The van der Waals surface area contributed by atoms with Gasteiger partial charge in [-0.1, -0.05) is 51.8 Å². The van der Waals surface area contributed by atoms with Crippen molar-refractivity contribution >= 4 is 77.7 Å². The summed E-state index contributed by atoms with van der Waals surface area (Å²) in [5.41, 5.74) is 6.00. The highest BCUT2D eigenvalue weighted by Crippen LogP contribution is 2.42. The van der Waals surface area contributed by atoms with Crippen molar-refractivity contribution in [2.24, 2.45) is 4.99 Å². The van der Waals surface area contributed by atoms with Crippen LogP contribution in [0.1, 0.15) is 74.4 Å². The second-order valence-corrected chi connectivity index (χ2v) is 18.1. The first-order chi connectivity index (χ1) is 29.0. The van der Waals surface area contributed by atoms with Gasteiger partial charge in [0, 0.05) is 64.7 Å². The zero-order chi connectivity index (χ0) is 41.9. The molecular formula is C46H41BrClN5O5S2. The monoisotopic (exact) mass is 921 g/mol. The Balaban J connectivity index is 0.804. The number of phenolic OH excluding ortho intramolecular Hbond substituents is 1. The zero-order valence-corrected chi connectivity index (χ0v) is 37.1. The molecule has 3 aromatic heterocycles. The number of thiophene rings is 2. The first-order valence-electron chi connectivity index (χ1n) is 19.6. The van der Waals surface area contributed by atoms with E-state index in [9.17, 15) is 14.7 Å². The molecule has 0 saturated heterocycles. The highest BCUT2D eigenvalue weighted by molar-refractivity contribution is 9.10. The summed E-state index contributed by atoms with van der Waals surface area (Å²) in [6.07, 6.45) is 1.65. The van der Waals surface area contributed by atoms with Crippen LogP contribution in [0.3, 0.4) is 0 Å². The van der Waals surface area contributed by atoms with E-state index >= 15 is 0 Å². The van der Waals surface area contributed by atoms with E-state index in [-0.39, 0.29) is 23.9 Å². The average molecular weight is 923 g/mol. The fourth-order valence-corrected chi connectivity index (χ4v) is 10.1. The molecule has 1 aliphatic heterocycles. The molecule has 10 nitrogen and oxygen atoms in total. The molecule has 1 aliphatic rings. The van der Waals surface area contributed by atoms with Gasteiger partial charge in [-0.2, -0.15) is 0 Å². The molecule has 8 rings (SSSR count). The maximum atomic E-state index is 13.9. The van der Waals surface area contributed by atoms with Gasteiger partial charge in [0.2, 0.25) is 5.91 Å². The predicted octanol–water partition coefficient (Wildman–Crippen LogP) is 10.8. The smallest absolute Gasteiger partial charge is 0.222 e. The van der Waals surface area contributed by atoms with Crippen LogP contribution in [0, 0.1) is 20.8 Å². The average Bonchev–Trinajstić information content (AvgIpc) is 3.88. The number of aliphatic imine (C=N–C) groups is 1. The van der Waals surface area contributed by atoms with Crippen molar-refractivity contribution in [1.82, 2.24) is 20.1 Å². The largest absolute Gasteiger partial charge is 0.508 e. The van der Waals surface area contributed by atoms with Gasteiger partial charge in [0.1, 0.15) is 35.0 Å². The second-order valence-electron chi connectivity index (χ2n) is 14.5. The number of hydrogen-bond acceptors (Lipinski definition) is 10. The molecule has 1 atom stereocenters. The maximum absolute atomic E-state index is 13.9. The van der Waals surface area contributed by atoms with E-state index in [4.69, 9.17) is 26.1 Å². The van der Waals surface area contributed by atoms with Gasteiger partial charge < -0.3 is 19.9 Å². The van der Waals surface area contributed by atoms with E-state index in [0.717, 1.165) is 71.1 Å². The van der Waals surface area contributed by atoms with E-state index in [0.29, 0.717) is 54.1 Å². The number of carbonyl (C=O) groups is 2. The van der Waals surface area contributed by atoms with Crippen LogP contribution in [0.15, 0.2) is 100 Å². The molecule has 4 heterocycles. The minimum absolute atomic E-state index is 0.0982. The van der Waals surface area contributed by atoms with Gasteiger partial charge in [-0.05, 0) is 111 Å². The van der Waals surface area contributed by atoms with Gasteiger partial charge in [0.05, 0.1) is 18.7 Å². The number of aryl methyl sites for hydroxylation is 2.